The quantitative estimate of drug-likeness (QED) is 0.375. The van der Waals surface area contributed by atoms with E-state index >= 15 is 0 Å². The summed E-state index contributed by atoms with van der Waals surface area (Å²) in [6.45, 7) is 10.5. The molecule has 1 amide bonds. The molecule has 0 spiro atoms. The fraction of sp³-hybridized carbons (Fsp3) is 0.529. The average Bonchev–Trinajstić information content (AvgIpc) is 2.41. The van der Waals surface area contributed by atoms with Crippen LogP contribution in [0.5, 0.6) is 0 Å². The monoisotopic (exact) mass is 335 g/mol. The molecule has 1 aromatic rings. The van der Waals surface area contributed by atoms with E-state index in [0.717, 1.165) is 10.4 Å². The van der Waals surface area contributed by atoms with Crippen molar-refractivity contribution in [3.63, 3.8) is 0 Å². The van der Waals surface area contributed by atoms with Crippen LogP contribution >= 0.6 is 12.2 Å². The van der Waals surface area contributed by atoms with E-state index in [4.69, 9.17) is 16.6 Å². The molecule has 120 valence electrons. The lowest BCUT2D eigenvalue weighted by atomic mass is 9.77. The number of rotatable bonds is 6. The van der Waals surface area contributed by atoms with E-state index in [1.807, 2.05) is 37.3 Å². The van der Waals surface area contributed by atoms with E-state index in [9.17, 15) is 4.79 Å². The molecule has 1 aliphatic heterocycles. The van der Waals surface area contributed by atoms with Crippen molar-refractivity contribution >= 4 is 31.3 Å². The molecule has 22 heavy (non-hydrogen) atoms. The van der Waals surface area contributed by atoms with E-state index in [-0.39, 0.29) is 29.9 Å². The zero-order valence-electron chi connectivity index (χ0n) is 13.9. The SMILES string of the molecule is C[C@@H](O[Si](C)(C)C)[C@H]1C(=O)N[C@@H]1[C@@H](C)C(=S)c1ccccc1. The van der Waals surface area contributed by atoms with Gasteiger partial charge in [-0.25, -0.2) is 0 Å². The highest BCUT2D eigenvalue weighted by molar-refractivity contribution is 7.80. The molecule has 0 unspecified atom stereocenters. The van der Waals surface area contributed by atoms with Crippen LogP contribution in [0, 0.1) is 11.8 Å². The number of hydrogen-bond acceptors (Lipinski definition) is 3. The van der Waals surface area contributed by atoms with Crippen LogP contribution in [0.3, 0.4) is 0 Å². The summed E-state index contributed by atoms with van der Waals surface area (Å²) < 4.78 is 6.11. The van der Waals surface area contributed by atoms with Gasteiger partial charge >= 0.3 is 0 Å². The lowest BCUT2D eigenvalue weighted by Crippen LogP contribution is -2.66. The third-order valence-corrected chi connectivity index (χ3v) is 5.74. The Hall–Kier alpha value is -1.04. The van der Waals surface area contributed by atoms with Crippen molar-refractivity contribution in [2.45, 2.75) is 45.6 Å². The van der Waals surface area contributed by atoms with Crippen molar-refractivity contribution in [3.8, 4) is 0 Å². The van der Waals surface area contributed by atoms with E-state index in [1.165, 1.54) is 0 Å². The number of benzene rings is 1. The summed E-state index contributed by atoms with van der Waals surface area (Å²) in [7, 11) is -1.66. The molecule has 1 aliphatic rings. The summed E-state index contributed by atoms with van der Waals surface area (Å²) in [6.07, 6.45) is -0.0635. The maximum Gasteiger partial charge on any atom is 0.228 e. The lowest BCUT2D eigenvalue weighted by Gasteiger charge is -2.45. The molecule has 1 N–H and O–H groups in total. The first kappa shape index (κ1) is 17.3. The number of nitrogens with one attached hydrogen (secondary N) is 1. The summed E-state index contributed by atoms with van der Waals surface area (Å²) in [5.41, 5.74) is 1.06. The molecule has 0 aliphatic carbocycles. The van der Waals surface area contributed by atoms with Gasteiger partial charge in [0, 0.05) is 10.8 Å². The van der Waals surface area contributed by atoms with Crippen molar-refractivity contribution in [1.82, 2.24) is 5.32 Å². The number of carbonyl (C=O) groups is 1. The summed E-state index contributed by atoms with van der Waals surface area (Å²) in [5, 5.41) is 3.02. The van der Waals surface area contributed by atoms with E-state index in [2.05, 4.69) is 31.9 Å². The van der Waals surface area contributed by atoms with Gasteiger partial charge in [0.05, 0.1) is 18.1 Å². The van der Waals surface area contributed by atoms with Crippen molar-refractivity contribution in [2.24, 2.45) is 11.8 Å². The van der Waals surface area contributed by atoms with Crippen molar-refractivity contribution < 1.29 is 9.22 Å². The summed E-state index contributed by atoms with van der Waals surface area (Å²) in [6, 6.07) is 10.1. The summed E-state index contributed by atoms with van der Waals surface area (Å²) >= 11 is 5.62. The molecule has 2 rings (SSSR count). The Kier molecular flexibility index (Phi) is 5.20. The minimum absolute atomic E-state index is 0.0616. The molecule has 0 radical (unpaired) electrons. The van der Waals surface area contributed by atoms with Gasteiger partial charge in [-0.2, -0.15) is 0 Å². The van der Waals surface area contributed by atoms with Crippen LogP contribution in [-0.4, -0.2) is 31.2 Å². The largest absolute Gasteiger partial charge is 0.414 e. The van der Waals surface area contributed by atoms with Gasteiger partial charge in [0.25, 0.3) is 0 Å². The zero-order valence-corrected chi connectivity index (χ0v) is 15.7. The van der Waals surface area contributed by atoms with E-state index < -0.39 is 8.32 Å². The van der Waals surface area contributed by atoms with Crippen molar-refractivity contribution in [1.29, 1.82) is 0 Å². The molecule has 1 fully saturated rings. The maximum absolute atomic E-state index is 12.0. The predicted molar refractivity (Wildman–Crippen MR) is 96.6 cm³/mol. The summed E-state index contributed by atoms with van der Waals surface area (Å²) in [4.78, 5) is 12.9. The Balaban J connectivity index is 2.08. The minimum Gasteiger partial charge on any atom is -0.414 e. The van der Waals surface area contributed by atoms with E-state index in [1.54, 1.807) is 0 Å². The molecule has 0 aromatic heterocycles. The highest BCUT2D eigenvalue weighted by Gasteiger charge is 2.47. The zero-order chi connectivity index (χ0) is 16.5. The van der Waals surface area contributed by atoms with Gasteiger partial charge in [-0.1, -0.05) is 49.5 Å². The van der Waals surface area contributed by atoms with Crippen LogP contribution in [0.15, 0.2) is 30.3 Å². The number of β-lactam (4-membered cyclic amide) rings is 1. The first-order chi connectivity index (χ1) is 10.2. The molecule has 1 aromatic carbocycles. The average molecular weight is 336 g/mol. The fourth-order valence-corrected chi connectivity index (χ4v) is 4.56. The third kappa shape index (κ3) is 3.83. The Bertz CT molecular complexity index is 556. The number of thiocarbonyl (C=S) groups is 1. The number of carbonyl (C=O) groups excluding carboxylic acids is 1. The molecular formula is C17H25NO2SSi. The Morgan fingerprint density at radius 2 is 1.82 bits per heavy atom. The Labute approximate surface area is 139 Å². The second kappa shape index (κ2) is 6.60. The molecule has 0 saturated carbocycles. The van der Waals surface area contributed by atoms with Gasteiger partial charge in [0.1, 0.15) is 0 Å². The Morgan fingerprint density at radius 3 is 2.32 bits per heavy atom. The van der Waals surface area contributed by atoms with Crippen molar-refractivity contribution in [3.05, 3.63) is 35.9 Å². The van der Waals surface area contributed by atoms with Crippen LogP contribution in [0.25, 0.3) is 0 Å². The standard InChI is InChI=1S/C17H25NO2SSi/c1-11(16(21)13-9-7-6-8-10-13)15-14(17(19)18-15)12(2)20-22(3,4)5/h6-12,14-15H,1-5H3,(H,18,19)/t11-,12-,14-,15-/m1/s1. The maximum atomic E-state index is 12.0. The summed E-state index contributed by atoms with van der Waals surface area (Å²) in [5.74, 6) is 0.0923. The van der Waals surface area contributed by atoms with Gasteiger partial charge in [-0.15, -0.1) is 0 Å². The second-order valence-electron chi connectivity index (χ2n) is 7.01. The molecular weight excluding hydrogens is 310 g/mol. The number of hydrogen-bond donors (Lipinski definition) is 1. The lowest BCUT2D eigenvalue weighted by molar-refractivity contribution is -0.140. The van der Waals surface area contributed by atoms with Crippen LogP contribution in [0.1, 0.15) is 19.4 Å². The van der Waals surface area contributed by atoms with Crippen LogP contribution in [0.4, 0.5) is 0 Å². The molecule has 4 atom stereocenters. The van der Waals surface area contributed by atoms with Crippen LogP contribution in [0.2, 0.25) is 19.6 Å². The van der Waals surface area contributed by atoms with Crippen molar-refractivity contribution in [2.75, 3.05) is 0 Å². The van der Waals surface area contributed by atoms with Crippen LogP contribution in [-0.2, 0) is 9.22 Å². The van der Waals surface area contributed by atoms with E-state index in [0.29, 0.717) is 0 Å². The first-order valence-electron chi connectivity index (χ1n) is 7.78. The van der Waals surface area contributed by atoms with Crippen LogP contribution < -0.4 is 5.32 Å². The van der Waals surface area contributed by atoms with Gasteiger partial charge in [-0.05, 0) is 32.1 Å². The highest BCUT2D eigenvalue weighted by Crippen LogP contribution is 2.30. The first-order valence-corrected chi connectivity index (χ1v) is 11.6. The highest BCUT2D eigenvalue weighted by atomic mass is 32.1. The molecule has 5 heteroatoms. The molecule has 1 heterocycles. The van der Waals surface area contributed by atoms with Gasteiger partial charge in [0.15, 0.2) is 8.32 Å². The minimum atomic E-state index is -1.66. The predicted octanol–water partition coefficient (Wildman–Crippen LogP) is 3.40. The van der Waals surface area contributed by atoms with Gasteiger partial charge in [-0.3, -0.25) is 4.79 Å². The van der Waals surface area contributed by atoms with Gasteiger partial charge < -0.3 is 9.74 Å². The molecule has 0 bridgehead atoms. The smallest absolute Gasteiger partial charge is 0.228 e. The van der Waals surface area contributed by atoms with Gasteiger partial charge in [0.2, 0.25) is 5.91 Å². The molecule has 3 nitrogen and oxygen atoms in total. The fourth-order valence-electron chi connectivity index (χ4n) is 3.02. The third-order valence-electron chi connectivity index (χ3n) is 4.05. The molecule has 1 saturated heterocycles. The number of amides is 1. The topological polar surface area (TPSA) is 38.3 Å². The normalized spacial score (nSPS) is 24.1. The Morgan fingerprint density at radius 1 is 1.23 bits per heavy atom. The second-order valence-corrected chi connectivity index (χ2v) is 11.9.